The van der Waals surface area contributed by atoms with Gasteiger partial charge in [-0.1, -0.05) is 24.3 Å². The van der Waals surface area contributed by atoms with Gasteiger partial charge < -0.3 is 9.84 Å². The molecule has 0 saturated carbocycles. The van der Waals surface area contributed by atoms with Gasteiger partial charge in [0.2, 0.25) is 0 Å². The van der Waals surface area contributed by atoms with Crippen LogP contribution >= 0.6 is 0 Å². The standard InChI is InChI=1S/C12H18N2O5S/c1-19-7-6-13-20(17,18)14-9-11-5-3-2-4-10(11)8-12(15)16/h2-5,13-14H,6-9H2,1H3,(H,15,16). The van der Waals surface area contributed by atoms with Crippen LogP contribution in [0.3, 0.4) is 0 Å². The molecule has 0 aliphatic carbocycles. The van der Waals surface area contributed by atoms with E-state index in [0.29, 0.717) is 11.1 Å². The van der Waals surface area contributed by atoms with Gasteiger partial charge in [0, 0.05) is 20.2 Å². The topological polar surface area (TPSA) is 105 Å². The van der Waals surface area contributed by atoms with E-state index in [1.165, 1.54) is 7.11 Å². The Morgan fingerprint density at radius 2 is 1.90 bits per heavy atom. The smallest absolute Gasteiger partial charge is 0.307 e. The first-order valence-corrected chi connectivity index (χ1v) is 7.44. The van der Waals surface area contributed by atoms with E-state index >= 15 is 0 Å². The summed E-state index contributed by atoms with van der Waals surface area (Å²) in [5.41, 5.74) is 1.21. The predicted octanol–water partition coefficient (Wildman–Crippen LogP) is -0.116. The van der Waals surface area contributed by atoms with Crippen molar-refractivity contribution in [1.29, 1.82) is 0 Å². The second-order valence-corrected chi connectivity index (χ2v) is 5.64. The maximum Gasteiger partial charge on any atom is 0.307 e. The molecule has 0 fully saturated rings. The Morgan fingerprint density at radius 3 is 2.50 bits per heavy atom. The number of rotatable bonds is 9. The molecule has 0 unspecified atom stereocenters. The SMILES string of the molecule is COCCNS(=O)(=O)NCc1ccccc1CC(=O)O. The van der Waals surface area contributed by atoms with Crippen LogP contribution in [-0.4, -0.2) is 39.8 Å². The first kappa shape index (κ1) is 16.6. The molecule has 0 aliphatic rings. The molecule has 1 rings (SSSR count). The molecule has 1 aromatic rings. The lowest BCUT2D eigenvalue weighted by Gasteiger charge is -2.10. The number of methoxy groups -OCH3 is 1. The van der Waals surface area contributed by atoms with E-state index in [2.05, 4.69) is 9.44 Å². The van der Waals surface area contributed by atoms with Crippen LogP contribution in [0.4, 0.5) is 0 Å². The summed E-state index contributed by atoms with van der Waals surface area (Å²) >= 11 is 0. The lowest BCUT2D eigenvalue weighted by molar-refractivity contribution is -0.136. The Balaban J connectivity index is 2.63. The zero-order chi connectivity index (χ0) is 15.0. The summed E-state index contributed by atoms with van der Waals surface area (Å²) in [4.78, 5) is 10.7. The van der Waals surface area contributed by atoms with Crippen molar-refractivity contribution >= 4 is 16.2 Å². The molecule has 1 aromatic carbocycles. The third-order valence-corrected chi connectivity index (χ3v) is 3.62. The highest BCUT2D eigenvalue weighted by atomic mass is 32.2. The van der Waals surface area contributed by atoms with Crippen molar-refractivity contribution < 1.29 is 23.1 Å². The van der Waals surface area contributed by atoms with E-state index in [9.17, 15) is 13.2 Å². The van der Waals surface area contributed by atoms with Gasteiger partial charge in [0.1, 0.15) is 0 Å². The van der Waals surface area contributed by atoms with Crippen LogP contribution in [0, 0.1) is 0 Å². The number of carbonyl (C=O) groups is 1. The molecule has 0 bridgehead atoms. The fourth-order valence-corrected chi connectivity index (χ4v) is 2.37. The van der Waals surface area contributed by atoms with E-state index in [1.54, 1.807) is 24.3 Å². The molecule has 0 atom stereocenters. The van der Waals surface area contributed by atoms with Crippen molar-refractivity contribution in [2.24, 2.45) is 0 Å². The third kappa shape index (κ3) is 6.11. The highest BCUT2D eigenvalue weighted by Crippen LogP contribution is 2.09. The van der Waals surface area contributed by atoms with E-state index in [4.69, 9.17) is 9.84 Å². The van der Waals surface area contributed by atoms with Crippen LogP contribution < -0.4 is 9.44 Å². The molecule has 7 nitrogen and oxygen atoms in total. The summed E-state index contributed by atoms with van der Waals surface area (Å²) in [5, 5.41) is 8.80. The number of hydrogen-bond donors (Lipinski definition) is 3. The van der Waals surface area contributed by atoms with Gasteiger partial charge in [-0.3, -0.25) is 4.79 Å². The van der Waals surface area contributed by atoms with Crippen LogP contribution in [0.5, 0.6) is 0 Å². The number of benzene rings is 1. The molecule has 8 heteroatoms. The quantitative estimate of drug-likeness (QED) is 0.552. The van der Waals surface area contributed by atoms with Gasteiger partial charge in [-0.25, -0.2) is 0 Å². The molecule has 0 radical (unpaired) electrons. The van der Waals surface area contributed by atoms with Crippen LogP contribution in [-0.2, 0) is 32.7 Å². The van der Waals surface area contributed by atoms with Crippen LogP contribution in [0.2, 0.25) is 0 Å². The van der Waals surface area contributed by atoms with E-state index in [0.717, 1.165) is 0 Å². The lowest BCUT2D eigenvalue weighted by atomic mass is 10.1. The number of aliphatic carboxylic acids is 1. The highest BCUT2D eigenvalue weighted by molar-refractivity contribution is 7.87. The minimum atomic E-state index is -3.62. The van der Waals surface area contributed by atoms with E-state index < -0.39 is 16.2 Å². The summed E-state index contributed by atoms with van der Waals surface area (Å²) in [6, 6.07) is 6.80. The summed E-state index contributed by atoms with van der Waals surface area (Å²) in [5.74, 6) is -0.960. The van der Waals surface area contributed by atoms with Crippen molar-refractivity contribution in [1.82, 2.24) is 9.44 Å². The molecule has 112 valence electrons. The second kappa shape index (κ2) is 7.95. The maximum atomic E-state index is 11.6. The van der Waals surface area contributed by atoms with Gasteiger partial charge >= 0.3 is 5.97 Å². The first-order valence-electron chi connectivity index (χ1n) is 5.96. The Bertz CT molecular complexity index is 545. The van der Waals surface area contributed by atoms with E-state index in [-0.39, 0.29) is 26.1 Å². The lowest BCUT2D eigenvalue weighted by Crippen LogP contribution is -2.37. The van der Waals surface area contributed by atoms with Gasteiger partial charge in [0.15, 0.2) is 0 Å². The van der Waals surface area contributed by atoms with Crippen molar-refractivity contribution in [2.75, 3.05) is 20.3 Å². The average Bonchev–Trinajstić information content (AvgIpc) is 2.37. The first-order chi connectivity index (χ1) is 9.44. The molecule has 0 aromatic heterocycles. The van der Waals surface area contributed by atoms with Crippen LogP contribution in [0.1, 0.15) is 11.1 Å². The van der Waals surface area contributed by atoms with Crippen molar-refractivity contribution in [3.05, 3.63) is 35.4 Å². The summed E-state index contributed by atoms with van der Waals surface area (Å²) in [6.07, 6.45) is -0.144. The second-order valence-electron chi connectivity index (χ2n) is 4.05. The molecular weight excluding hydrogens is 284 g/mol. The molecule has 3 N–H and O–H groups in total. The molecule has 0 heterocycles. The Kier molecular flexibility index (Phi) is 6.59. The fourth-order valence-electron chi connectivity index (χ4n) is 1.57. The molecular formula is C12H18N2O5S. The molecule has 0 aliphatic heterocycles. The normalized spacial score (nSPS) is 11.4. The van der Waals surface area contributed by atoms with Crippen molar-refractivity contribution in [3.8, 4) is 0 Å². The molecule has 0 spiro atoms. The van der Waals surface area contributed by atoms with Crippen LogP contribution in [0.25, 0.3) is 0 Å². The Labute approximate surface area is 118 Å². The van der Waals surface area contributed by atoms with Crippen LogP contribution in [0.15, 0.2) is 24.3 Å². The number of carboxylic acids is 1. The zero-order valence-corrected chi connectivity index (χ0v) is 11.9. The summed E-state index contributed by atoms with van der Waals surface area (Å²) in [7, 11) is -2.15. The fraction of sp³-hybridized carbons (Fsp3) is 0.417. The number of nitrogens with one attached hydrogen (secondary N) is 2. The Morgan fingerprint density at radius 1 is 1.25 bits per heavy atom. The highest BCUT2D eigenvalue weighted by Gasteiger charge is 2.11. The zero-order valence-electron chi connectivity index (χ0n) is 11.1. The molecule has 0 saturated heterocycles. The van der Waals surface area contributed by atoms with Gasteiger partial charge in [0.25, 0.3) is 10.2 Å². The molecule has 0 amide bonds. The average molecular weight is 302 g/mol. The van der Waals surface area contributed by atoms with Gasteiger partial charge in [0.05, 0.1) is 13.0 Å². The number of carboxylic acid groups (broad SMARTS) is 1. The van der Waals surface area contributed by atoms with Crippen molar-refractivity contribution in [3.63, 3.8) is 0 Å². The molecule has 20 heavy (non-hydrogen) atoms. The minimum absolute atomic E-state index is 0.0335. The van der Waals surface area contributed by atoms with E-state index in [1.807, 2.05) is 0 Å². The summed E-state index contributed by atoms with van der Waals surface area (Å²) in [6.45, 7) is 0.477. The van der Waals surface area contributed by atoms with Gasteiger partial charge in [-0.15, -0.1) is 0 Å². The Hall–Kier alpha value is -1.48. The summed E-state index contributed by atoms with van der Waals surface area (Å²) < 4.78 is 32.6. The minimum Gasteiger partial charge on any atom is -0.481 e. The third-order valence-electron chi connectivity index (χ3n) is 2.51. The van der Waals surface area contributed by atoms with Gasteiger partial charge in [-0.05, 0) is 11.1 Å². The number of hydrogen-bond acceptors (Lipinski definition) is 4. The van der Waals surface area contributed by atoms with Gasteiger partial charge in [-0.2, -0.15) is 17.9 Å². The van der Waals surface area contributed by atoms with Crippen molar-refractivity contribution in [2.45, 2.75) is 13.0 Å². The maximum absolute atomic E-state index is 11.6. The predicted molar refractivity (Wildman–Crippen MR) is 73.4 cm³/mol. The number of ether oxygens (including phenoxy) is 1. The largest absolute Gasteiger partial charge is 0.481 e. The monoisotopic (exact) mass is 302 g/mol.